The van der Waals surface area contributed by atoms with Gasteiger partial charge in [-0.15, -0.1) is 0 Å². The van der Waals surface area contributed by atoms with Crippen molar-refractivity contribution in [2.75, 3.05) is 13.2 Å². The van der Waals surface area contributed by atoms with Crippen molar-refractivity contribution in [1.29, 1.82) is 0 Å². The Morgan fingerprint density at radius 3 is 3.00 bits per heavy atom. The smallest absolute Gasteiger partial charge is 0.142 e. The van der Waals surface area contributed by atoms with E-state index in [0.717, 1.165) is 19.4 Å². The van der Waals surface area contributed by atoms with Gasteiger partial charge in [0.15, 0.2) is 0 Å². The Hall–Kier alpha value is -0.680. The molecule has 0 bridgehead atoms. The fourth-order valence-corrected chi connectivity index (χ4v) is 2.51. The first-order valence-corrected chi connectivity index (χ1v) is 6.09. The van der Waals surface area contributed by atoms with E-state index in [2.05, 4.69) is 5.43 Å². The molecule has 1 saturated heterocycles. The zero-order chi connectivity index (χ0) is 12.3. The number of hydrogen-bond donors (Lipinski definition) is 2. The molecule has 3 nitrogen and oxygen atoms in total. The first kappa shape index (κ1) is 12.8. The quantitative estimate of drug-likeness (QED) is 0.647. The second kappa shape index (κ2) is 5.78. The molecule has 0 amide bonds. The van der Waals surface area contributed by atoms with Gasteiger partial charge in [-0.2, -0.15) is 0 Å². The van der Waals surface area contributed by atoms with Crippen molar-refractivity contribution in [3.05, 3.63) is 34.6 Å². The number of ether oxygens (including phenoxy) is 1. The monoisotopic (exact) mass is 258 g/mol. The molecule has 3 N–H and O–H groups in total. The summed E-state index contributed by atoms with van der Waals surface area (Å²) in [7, 11) is 0. The van der Waals surface area contributed by atoms with Crippen LogP contribution in [-0.2, 0) is 4.74 Å². The molecule has 1 aromatic carbocycles. The lowest BCUT2D eigenvalue weighted by Gasteiger charge is -2.30. The number of halogens is 2. The van der Waals surface area contributed by atoms with E-state index in [-0.39, 0.29) is 17.0 Å². The van der Waals surface area contributed by atoms with Gasteiger partial charge in [0, 0.05) is 12.5 Å². The normalized spacial score (nSPS) is 22.4. The van der Waals surface area contributed by atoms with Crippen LogP contribution in [0.4, 0.5) is 4.39 Å². The number of nitrogens with two attached hydrogens (primary N) is 1. The van der Waals surface area contributed by atoms with Crippen LogP contribution in [0.5, 0.6) is 0 Å². The topological polar surface area (TPSA) is 47.3 Å². The maximum Gasteiger partial charge on any atom is 0.142 e. The summed E-state index contributed by atoms with van der Waals surface area (Å²) in [5, 5.41) is 0.140. The third kappa shape index (κ3) is 2.77. The highest BCUT2D eigenvalue weighted by Crippen LogP contribution is 2.33. The highest BCUT2D eigenvalue weighted by Gasteiger charge is 2.27. The van der Waals surface area contributed by atoms with Crippen molar-refractivity contribution in [2.24, 2.45) is 11.8 Å². The van der Waals surface area contributed by atoms with E-state index >= 15 is 0 Å². The SMILES string of the molecule is NNC(c1cccc(F)c1Cl)C1CCCOC1. The minimum Gasteiger partial charge on any atom is -0.381 e. The molecule has 2 unspecified atom stereocenters. The van der Waals surface area contributed by atoms with Crippen LogP contribution in [0, 0.1) is 11.7 Å². The maximum absolute atomic E-state index is 13.4. The molecule has 0 aliphatic carbocycles. The molecule has 2 atom stereocenters. The lowest BCUT2D eigenvalue weighted by Crippen LogP contribution is -2.37. The van der Waals surface area contributed by atoms with Crippen LogP contribution >= 0.6 is 11.6 Å². The molecule has 0 radical (unpaired) electrons. The van der Waals surface area contributed by atoms with Gasteiger partial charge < -0.3 is 4.74 Å². The fourth-order valence-electron chi connectivity index (χ4n) is 2.27. The number of nitrogens with one attached hydrogen (secondary N) is 1. The van der Waals surface area contributed by atoms with Crippen molar-refractivity contribution in [3.63, 3.8) is 0 Å². The van der Waals surface area contributed by atoms with Gasteiger partial charge in [0.05, 0.1) is 17.7 Å². The average Bonchev–Trinajstić information content (AvgIpc) is 2.37. The van der Waals surface area contributed by atoms with Crippen LogP contribution < -0.4 is 11.3 Å². The predicted molar refractivity (Wildman–Crippen MR) is 65.0 cm³/mol. The van der Waals surface area contributed by atoms with Gasteiger partial charge in [0.1, 0.15) is 5.82 Å². The summed E-state index contributed by atoms with van der Waals surface area (Å²) >= 11 is 5.97. The Morgan fingerprint density at radius 1 is 1.53 bits per heavy atom. The van der Waals surface area contributed by atoms with Crippen molar-refractivity contribution in [1.82, 2.24) is 5.43 Å². The largest absolute Gasteiger partial charge is 0.381 e. The number of hydrazine groups is 1. The minimum atomic E-state index is -0.416. The summed E-state index contributed by atoms with van der Waals surface area (Å²) in [4.78, 5) is 0. The standard InChI is InChI=1S/C12H16ClFN2O/c13-11-9(4-1-5-10(11)14)12(16-15)8-3-2-6-17-7-8/h1,4-5,8,12,16H,2-3,6-7,15H2. The van der Waals surface area contributed by atoms with Gasteiger partial charge in [-0.1, -0.05) is 23.7 Å². The Bertz CT molecular complexity index is 383. The van der Waals surface area contributed by atoms with E-state index in [1.165, 1.54) is 6.07 Å². The lowest BCUT2D eigenvalue weighted by molar-refractivity contribution is 0.0390. The highest BCUT2D eigenvalue weighted by molar-refractivity contribution is 6.31. The average molecular weight is 259 g/mol. The highest BCUT2D eigenvalue weighted by atomic mass is 35.5. The lowest BCUT2D eigenvalue weighted by atomic mass is 9.89. The number of rotatable bonds is 3. The van der Waals surface area contributed by atoms with Crippen LogP contribution in [0.2, 0.25) is 5.02 Å². The molecule has 2 rings (SSSR count). The number of benzene rings is 1. The van der Waals surface area contributed by atoms with Gasteiger partial charge >= 0.3 is 0 Å². The van der Waals surface area contributed by atoms with Gasteiger partial charge in [-0.3, -0.25) is 11.3 Å². The van der Waals surface area contributed by atoms with E-state index in [4.69, 9.17) is 22.2 Å². The van der Waals surface area contributed by atoms with Gasteiger partial charge in [0.2, 0.25) is 0 Å². The van der Waals surface area contributed by atoms with E-state index < -0.39 is 5.82 Å². The van der Waals surface area contributed by atoms with Gasteiger partial charge in [-0.25, -0.2) is 4.39 Å². The molecule has 1 fully saturated rings. The molecule has 1 aliphatic rings. The van der Waals surface area contributed by atoms with Crippen LogP contribution in [-0.4, -0.2) is 13.2 Å². The zero-order valence-electron chi connectivity index (χ0n) is 9.46. The van der Waals surface area contributed by atoms with E-state index in [9.17, 15) is 4.39 Å². The molecule has 17 heavy (non-hydrogen) atoms. The Kier molecular flexibility index (Phi) is 4.34. The first-order valence-electron chi connectivity index (χ1n) is 5.72. The molecule has 5 heteroatoms. The summed E-state index contributed by atoms with van der Waals surface area (Å²) < 4.78 is 18.8. The minimum absolute atomic E-state index is 0.140. The maximum atomic E-state index is 13.4. The Balaban J connectivity index is 2.24. The molecular weight excluding hydrogens is 243 g/mol. The van der Waals surface area contributed by atoms with E-state index in [1.807, 2.05) is 0 Å². The van der Waals surface area contributed by atoms with Crippen molar-refractivity contribution < 1.29 is 9.13 Å². The summed E-state index contributed by atoms with van der Waals surface area (Å²) in [6.07, 6.45) is 2.00. The van der Waals surface area contributed by atoms with Gasteiger partial charge in [-0.05, 0) is 24.5 Å². The van der Waals surface area contributed by atoms with Crippen molar-refractivity contribution in [2.45, 2.75) is 18.9 Å². The van der Waals surface area contributed by atoms with Gasteiger partial charge in [0.25, 0.3) is 0 Å². The van der Waals surface area contributed by atoms with Crippen LogP contribution in [0.3, 0.4) is 0 Å². The fraction of sp³-hybridized carbons (Fsp3) is 0.500. The summed E-state index contributed by atoms with van der Waals surface area (Å²) in [6, 6.07) is 4.62. The predicted octanol–water partition coefficient (Wildman–Crippen LogP) is 2.41. The van der Waals surface area contributed by atoms with E-state index in [0.29, 0.717) is 12.2 Å². The zero-order valence-corrected chi connectivity index (χ0v) is 10.2. The molecule has 1 heterocycles. The second-order valence-corrected chi connectivity index (χ2v) is 4.64. The molecular formula is C12H16ClFN2O. The molecule has 0 aromatic heterocycles. The Morgan fingerprint density at radius 2 is 2.35 bits per heavy atom. The van der Waals surface area contributed by atoms with Crippen LogP contribution in [0.15, 0.2) is 18.2 Å². The molecule has 1 aromatic rings. The molecule has 0 spiro atoms. The first-order chi connectivity index (χ1) is 8.24. The van der Waals surface area contributed by atoms with Crippen molar-refractivity contribution in [3.8, 4) is 0 Å². The molecule has 0 saturated carbocycles. The van der Waals surface area contributed by atoms with E-state index in [1.54, 1.807) is 12.1 Å². The van der Waals surface area contributed by atoms with Crippen LogP contribution in [0.1, 0.15) is 24.4 Å². The summed E-state index contributed by atoms with van der Waals surface area (Å²) in [5.41, 5.74) is 3.42. The van der Waals surface area contributed by atoms with Crippen molar-refractivity contribution >= 4 is 11.6 Å². The number of hydrogen-bond acceptors (Lipinski definition) is 3. The Labute approximate surface area is 105 Å². The molecule has 1 aliphatic heterocycles. The second-order valence-electron chi connectivity index (χ2n) is 4.26. The molecule has 94 valence electrons. The third-order valence-electron chi connectivity index (χ3n) is 3.16. The third-order valence-corrected chi connectivity index (χ3v) is 3.56. The summed E-state index contributed by atoms with van der Waals surface area (Å²) in [6.45, 7) is 1.41. The summed E-state index contributed by atoms with van der Waals surface area (Å²) in [5.74, 6) is 5.38. The van der Waals surface area contributed by atoms with Crippen LogP contribution in [0.25, 0.3) is 0 Å².